The molecule has 1 aliphatic heterocycles. The molecule has 8 N–H and O–H groups in total. The Morgan fingerprint density at radius 3 is 1.53 bits per heavy atom. The second kappa shape index (κ2) is 19.5. The number of aliphatic hydroxyl groups is 4. The minimum atomic E-state index is -1.21. The third-order valence-corrected chi connectivity index (χ3v) is 6.83. The van der Waals surface area contributed by atoms with Crippen LogP contribution in [0.5, 0.6) is 0 Å². The fourth-order valence-corrected chi connectivity index (χ4v) is 4.35. The van der Waals surface area contributed by atoms with Crippen molar-refractivity contribution in [3.8, 4) is 0 Å². The van der Waals surface area contributed by atoms with Gasteiger partial charge in [0.15, 0.2) is 0 Å². The van der Waals surface area contributed by atoms with Gasteiger partial charge in [-0.25, -0.2) is 0 Å². The number of aliphatic hydroxyl groups excluding tert-OH is 4. The third kappa shape index (κ3) is 13.6. The SMILES string of the molecule is CN1CCN(C(CC(=O)NCC(O)CO)C(=O)O)Cc2cccc(n2)CN(C(CC(=O)NCC(O)CO)C(=O)O)CC1.[Mn]. The second-order valence-electron chi connectivity index (χ2n) is 10.3. The van der Waals surface area contributed by atoms with Gasteiger partial charge in [0.25, 0.3) is 0 Å². The van der Waals surface area contributed by atoms with E-state index in [9.17, 15) is 39.6 Å². The minimum Gasteiger partial charge on any atom is -0.480 e. The number of aliphatic carboxylic acids is 2. The average molecular weight is 654 g/mol. The number of likely N-dealkylation sites (N-methyl/N-ethyl adjacent to an activating group) is 1. The fraction of sp³-hybridized carbons (Fsp3) is 0.654. The van der Waals surface area contributed by atoms with Gasteiger partial charge < -0.3 is 46.2 Å². The summed E-state index contributed by atoms with van der Waals surface area (Å²) in [6, 6.07) is 2.70. The molecule has 4 atom stereocenters. The Morgan fingerprint density at radius 2 is 1.19 bits per heavy atom. The van der Waals surface area contributed by atoms with E-state index >= 15 is 0 Å². The number of nitrogens with one attached hydrogen (secondary N) is 2. The number of hydrogen-bond donors (Lipinski definition) is 8. The molecule has 1 aromatic rings. The number of rotatable bonds is 14. The van der Waals surface area contributed by atoms with Crippen molar-refractivity contribution in [1.82, 2.24) is 30.3 Å². The van der Waals surface area contributed by atoms with Crippen LogP contribution in [0.3, 0.4) is 0 Å². The van der Waals surface area contributed by atoms with Crippen LogP contribution in [0.2, 0.25) is 0 Å². The van der Waals surface area contributed by atoms with Crippen molar-refractivity contribution in [1.29, 1.82) is 0 Å². The summed E-state index contributed by atoms with van der Waals surface area (Å²) in [7, 11) is 1.79. The van der Waals surface area contributed by atoms with Crippen molar-refractivity contribution in [3.63, 3.8) is 0 Å². The van der Waals surface area contributed by atoms with Crippen LogP contribution in [0.15, 0.2) is 18.2 Å². The molecule has 243 valence electrons. The van der Waals surface area contributed by atoms with Crippen molar-refractivity contribution < 1.29 is 66.9 Å². The summed E-state index contributed by atoms with van der Waals surface area (Å²) >= 11 is 0. The topological polar surface area (TPSA) is 236 Å². The van der Waals surface area contributed by atoms with Gasteiger partial charge in [-0.1, -0.05) is 6.07 Å². The first-order valence-electron chi connectivity index (χ1n) is 13.6. The van der Waals surface area contributed by atoms with E-state index in [0.717, 1.165) is 0 Å². The summed E-state index contributed by atoms with van der Waals surface area (Å²) in [6.07, 6.45) is -3.09. The third-order valence-electron chi connectivity index (χ3n) is 6.83. The zero-order valence-electron chi connectivity index (χ0n) is 24.0. The van der Waals surface area contributed by atoms with Crippen LogP contribution in [0.4, 0.5) is 0 Å². The Hall–Kier alpha value is -2.73. The average Bonchev–Trinajstić information content (AvgIpc) is 2.95. The maximum Gasteiger partial charge on any atom is 0.321 e. The molecule has 4 unspecified atom stereocenters. The van der Waals surface area contributed by atoms with E-state index in [2.05, 4.69) is 15.6 Å². The molecule has 0 saturated carbocycles. The maximum absolute atomic E-state index is 12.4. The monoisotopic (exact) mass is 653 g/mol. The molecule has 2 heterocycles. The standard InChI is InChI=1S/C26H42N6O10.Mn/c1-30-5-7-31(21(25(39)40)9-23(37)27-11-19(35)15-33)13-17-3-2-4-18(29-17)14-32(8-6-30)22(26(41)42)10-24(38)28-12-20(36)16-34;/h2-4,19-22,33-36H,5-16H2,1H3,(H,27,37)(H,28,38)(H,39,40)(H,41,42);. The molecule has 0 aliphatic carbocycles. The molecule has 43 heavy (non-hydrogen) atoms. The molecule has 0 saturated heterocycles. The predicted molar refractivity (Wildman–Crippen MR) is 147 cm³/mol. The van der Waals surface area contributed by atoms with E-state index in [1.807, 2.05) is 4.90 Å². The Balaban J connectivity index is 0.00000924. The minimum absolute atomic E-state index is 0. The zero-order chi connectivity index (χ0) is 31.2. The zero-order valence-corrected chi connectivity index (χ0v) is 25.2. The summed E-state index contributed by atoms with van der Waals surface area (Å²) < 4.78 is 0. The first kappa shape index (κ1) is 38.3. The number of hydrogen-bond acceptors (Lipinski definition) is 12. The molecule has 16 nitrogen and oxygen atoms in total. The van der Waals surface area contributed by atoms with Gasteiger partial charge in [0.2, 0.25) is 11.8 Å². The van der Waals surface area contributed by atoms with E-state index in [4.69, 9.17) is 10.2 Å². The Bertz CT molecular complexity index is 978. The van der Waals surface area contributed by atoms with Gasteiger partial charge in [-0.05, 0) is 19.2 Å². The molecule has 2 bridgehead atoms. The molecular weight excluding hydrogens is 611 g/mol. The molecular formula is C26H42MnN6O10. The number of amides is 2. The maximum atomic E-state index is 12.4. The van der Waals surface area contributed by atoms with Gasteiger partial charge in [-0.15, -0.1) is 0 Å². The number of fused-ring (bicyclic) bond motifs is 2. The van der Waals surface area contributed by atoms with Gasteiger partial charge in [-0.3, -0.25) is 34.0 Å². The number of carboxylic acids is 2. The predicted octanol–water partition coefficient (Wildman–Crippen LogP) is -3.75. The summed E-state index contributed by atoms with van der Waals surface area (Å²) in [6.45, 7) is -0.119. The van der Waals surface area contributed by atoms with Crippen molar-refractivity contribution in [3.05, 3.63) is 29.6 Å². The Kier molecular flexibility index (Phi) is 17.4. The molecule has 0 fully saturated rings. The van der Waals surface area contributed by atoms with Gasteiger partial charge >= 0.3 is 11.9 Å². The van der Waals surface area contributed by atoms with Gasteiger partial charge in [0, 0.05) is 69.4 Å². The van der Waals surface area contributed by atoms with E-state index in [-0.39, 0.29) is 69.2 Å². The normalized spacial score (nSPS) is 18.1. The van der Waals surface area contributed by atoms with Crippen LogP contribution in [0, 0.1) is 0 Å². The smallest absolute Gasteiger partial charge is 0.321 e. The molecule has 2 amide bonds. The molecule has 1 aromatic heterocycles. The van der Waals surface area contributed by atoms with E-state index in [1.54, 1.807) is 35.0 Å². The molecule has 0 spiro atoms. The second-order valence-corrected chi connectivity index (χ2v) is 10.3. The van der Waals surface area contributed by atoms with Gasteiger partial charge in [0.1, 0.15) is 12.1 Å². The number of carboxylic acid groups (broad SMARTS) is 2. The quantitative estimate of drug-likeness (QED) is 0.0902. The van der Waals surface area contributed by atoms with Crippen molar-refractivity contribution in [2.75, 3.05) is 59.5 Å². The summed E-state index contributed by atoms with van der Waals surface area (Å²) in [5.74, 6) is -3.61. The van der Waals surface area contributed by atoms with Crippen LogP contribution < -0.4 is 10.6 Å². The summed E-state index contributed by atoms with van der Waals surface area (Å²) in [4.78, 5) is 59.0. The Morgan fingerprint density at radius 1 is 0.791 bits per heavy atom. The van der Waals surface area contributed by atoms with Crippen LogP contribution in [0.1, 0.15) is 24.2 Å². The first-order valence-corrected chi connectivity index (χ1v) is 13.6. The molecule has 17 heteroatoms. The van der Waals surface area contributed by atoms with Crippen molar-refractivity contribution >= 4 is 23.8 Å². The van der Waals surface area contributed by atoms with E-state index < -0.39 is 61.3 Å². The summed E-state index contributed by atoms with van der Waals surface area (Å²) in [5.41, 5.74) is 1.00. The number of nitrogens with zero attached hydrogens (tertiary/aromatic N) is 4. The molecule has 2 rings (SSSR count). The Labute approximate surface area is 260 Å². The van der Waals surface area contributed by atoms with Crippen LogP contribution >= 0.6 is 0 Å². The van der Waals surface area contributed by atoms with E-state index in [1.165, 1.54) is 0 Å². The molecule has 1 radical (unpaired) electrons. The van der Waals surface area contributed by atoms with Crippen molar-refractivity contribution in [2.45, 2.75) is 50.2 Å². The number of carbonyl (C=O) groups excluding carboxylic acids is 2. The van der Waals surface area contributed by atoms with Gasteiger partial charge in [0.05, 0.1) is 49.7 Å². The summed E-state index contributed by atoms with van der Waals surface area (Å²) in [5, 5.41) is 61.6. The largest absolute Gasteiger partial charge is 0.480 e. The first-order chi connectivity index (χ1) is 19.9. The van der Waals surface area contributed by atoms with Crippen LogP contribution in [-0.2, 0) is 49.3 Å². The fourth-order valence-electron chi connectivity index (χ4n) is 4.35. The number of pyridine rings is 1. The van der Waals surface area contributed by atoms with E-state index in [0.29, 0.717) is 24.5 Å². The molecule has 1 aliphatic rings. The number of aromatic nitrogens is 1. The van der Waals surface area contributed by atoms with Crippen LogP contribution in [0.25, 0.3) is 0 Å². The molecule has 0 aromatic carbocycles. The van der Waals surface area contributed by atoms with Crippen LogP contribution in [-0.4, -0.2) is 158 Å². The van der Waals surface area contributed by atoms with Crippen molar-refractivity contribution in [2.24, 2.45) is 0 Å². The number of carbonyl (C=O) groups is 4. The van der Waals surface area contributed by atoms with Gasteiger partial charge in [-0.2, -0.15) is 0 Å².